The lowest BCUT2D eigenvalue weighted by Gasteiger charge is -2.35. The fourth-order valence-electron chi connectivity index (χ4n) is 2.28. The normalized spacial score (nSPS) is 24.7. The molecule has 0 saturated heterocycles. The number of ether oxygens (including phenoxy) is 1. The lowest BCUT2D eigenvalue weighted by atomic mass is 9.75. The van der Waals surface area contributed by atoms with E-state index in [1.54, 1.807) is 7.11 Å². The smallest absolute Gasteiger partial charge is 0.121 e. The molecule has 1 aliphatic carbocycles. The van der Waals surface area contributed by atoms with E-state index in [0.29, 0.717) is 0 Å². The summed E-state index contributed by atoms with van der Waals surface area (Å²) < 4.78 is 5.26. The number of hydrogen-bond donors (Lipinski definition) is 1. The second-order valence-corrected chi connectivity index (χ2v) is 4.38. The van der Waals surface area contributed by atoms with Crippen molar-refractivity contribution in [2.24, 2.45) is 0 Å². The lowest BCUT2D eigenvalue weighted by molar-refractivity contribution is 0.307. The molecular weight excluding hydrogens is 186 g/mol. The van der Waals surface area contributed by atoms with Crippen LogP contribution in [0.5, 0.6) is 5.75 Å². The van der Waals surface area contributed by atoms with E-state index in [0.717, 1.165) is 17.7 Å². The lowest BCUT2D eigenvalue weighted by Crippen LogP contribution is -2.37. The largest absolute Gasteiger partial charge is 0.496 e. The predicted octanol–water partition coefficient (Wildman–Crippen LogP) is 2.47. The molecule has 1 aromatic carbocycles. The molecule has 1 aliphatic rings. The van der Waals surface area contributed by atoms with Gasteiger partial charge in [-0.25, -0.2) is 0 Å². The summed E-state index contributed by atoms with van der Waals surface area (Å²) in [7, 11) is 3.77. The van der Waals surface area contributed by atoms with Gasteiger partial charge in [0.15, 0.2) is 0 Å². The molecule has 2 heteroatoms. The molecule has 2 rings (SSSR count). The minimum absolute atomic E-state index is 0.720. The van der Waals surface area contributed by atoms with Gasteiger partial charge < -0.3 is 10.1 Å². The number of aryl methyl sites for hydroxylation is 1. The number of nitrogens with one attached hydrogen (secondary N) is 1. The molecule has 1 aromatic rings. The van der Waals surface area contributed by atoms with Gasteiger partial charge in [-0.05, 0) is 49.9 Å². The van der Waals surface area contributed by atoms with Crippen LogP contribution in [0.2, 0.25) is 0 Å². The molecule has 82 valence electrons. The Hall–Kier alpha value is -1.02. The molecule has 15 heavy (non-hydrogen) atoms. The molecule has 1 saturated carbocycles. The first-order valence-electron chi connectivity index (χ1n) is 5.56. The van der Waals surface area contributed by atoms with Crippen LogP contribution in [-0.4, -0.2) is 20.2 Å². The second kappa shape index (κ2) is 4.23. The molecule has 0 atom stereocenters. The van der Waals surface area contributed by atoms with Crippen molar-refractivity contribution in [3.05, 3.63) is 29.3 Å². The summed E-state index contributed by atoms with van der Waals surface area (Å²) >= 11 is 0. The van der Waals surface area contributed by atoms with Crippen LogP contribution in [0, 0.1) is 6.92 Å². The molecule has 0 amide bonds. The third-order valence-electron chi connectivity index (χ3n) is 3.44. The van der Waals surface area contributed by atoms with Gasteiger partial charge in [0.1, 0.15) is 5.75 Å². The van der Waals surface area contributed by atoms with E-state index >= 15 is 0 Å². The Bertz CT molecular complexity index is 342. The van der Waals surface area contributed by atoms with Gasteiger partial charge in [-0.1, -0.05) is 12.1 Å². The maximum Gasteiger partial charge on any atom is 0.121 e. The monoisotopic (exact) mass is 205 g/mol. The van der Waals surface area contributed by atoms with Crippen LogP contribution in [0.15, 0.2) is 18.2 Å². The standard InChI is InChI=1S/C13H19NO/c1-9-6-10(4-5-13(9)15-3)11-7-12(8-11)14-2/h4-6,11-12,14H,7-8H2,1-3H3. The molecule has 0 aliphatic heterocycles. The summed E-state index contributed by atoms with van der Waals surface area (Å²) in [4.78, 5) is 0. The van der Waals surface area contributed by atoms with Crippen molar-refractivity contribution in [2.45, 2.75) is 31.7 Å². The summed E-state index contributed by atoms with van der Waals surface area (Å²) in [5.74, 6) is 1.73. The fraction of sp³-hybridized carbons (Fsp3) is 0.538. The second-order valence-electron chi connectivity index (χ2n) is 4.38. The Kier molecular flexibility index (Phi) is 2.96. The van der Waals surface area contributed by atoms with E-state index < -0.39 is 0 Å². The van der Waals surface area contributed by atoms with Crippen molar-refractivity contribution in [2.75, 3.05) is 14.2 Å². The van der Waals surface area contributed by atoms with Crippen LogP contribution in [0.25, 0.3) is 0 Å². The minimum atomic E-state index is 0.720. The number of methoxy groups -OCH3 is 1. The van der Waals surface area contributed by atoms with Crippen molar-refractivity contribution >= 4 is 0 Å². The molecule has 0 bridgehead atoms. The summed E-state index contributed by atoms with van der Waals surface area (Å²) in [5.41, 5.74) is 2.70. The van der Waals surface area contributed by atoms with E-state index in [-0.39, 0.29) is 0 Å². The SMILES string of the molecule is CNC1CC(c2ccc(OC)c(C)c2)C1. The topological polar surface area (TPSA) is 21.3 Å². The molecule has 0 radical (unpaired) electrons. The minimum Gasteiger partial charge on any atom is -0.496 e. The summed E-state index contributed by atoms with van der Waals surface area (Å²) in [5, 5.41) is 3.31. The zero-order valence-electron chi connectivity index (χ0n) is 9.71. The first kappa shape index (κ1) is 10.5. The van der Waals surface area contributed by atoms with Crippen molar-refractivity contribution < 1.29 is 4.74 Å². The van der Waals surface area contributed by atoms with Crippen molar-refractivity contribution in [3.63, 3.8) is 0 Å². The molecule has 1 N–H and O–H groups in total. The predicted molar refractivity (Wildman–Crippen MR) is 62.6 cm³/mol. The van der Waals surface area contributed by atoms with Gasteiger partial charge >= 0.3 is 0 Å². The number of benzene rings is 1. The van der Waals surface area contributed by atoms with E-state index in [1.165, 1.54) is 24.0 Å². The van der Waals surface area contributed by atoms with Gasteiger partial charge in [0, 0.05) is 6.04 Å². The highest BCUT2D eigenvalue weighted by Gasteiger charge is 2.28. The Morgan fingerprint density at radius 3 is 2.60 bits per heavy atom. The highest BCUT2D eigenvalue weighted by atomic mass is 16.5. The Balaban J connectivity index is 2.08. The van der Waals surface area contributed by atoms with E-state index in [2.05, 4.69) is 30.4 Å². The zero-order chi connectivity index (χ0) is 10.8. The maximum atomic E-state index is 5.26. The summed E-state index contributed by atoms with van der Waals surface area (Å²) in [6.07, 6.45) is 2.53. The van der Waals surface area contributed by atoms with Crippen LogP contribution in [0.4, 0.5) is 0 Å². The molecule has 2 nitrogen and oxygen atoms in total. The van der Waals surface area contributed by atoms with Crippen molar-refractivity contribution in [1.29, 1.82) is 0 Å². The Morgan fingerprint density at radius 1 is 1.33 bits per heavy atom. The quantitative estimate of drug-likeness (QED) is 0.818. The number of hydrogen-bond acceptors (Lipinski definition) is 2. The van der Waals surface area contributed by atoms with Gasteiger partial charge in [-0.2, -0.15) is 0 Å². The summed E-state index contributed by atoms with van der Waals surface area (Å²) in [6.45, 7) is 2.11. The third-order valence-corrected chi connectivity index (χ3v) is 3.44. The van der Waals surface area contributed by atoms with Gasteiger partial charge in [0.05, 0.1) is 7.11 Å². The van der Waals surface area contributed by atoms with E-state index in [1.807, 2.05) is 7.05 Å². The molecular formula is C13H19NO. The molecule has 0 spiro atoms. The van der Waals surface area contributed by atoms with Crippen LogP contribution < -0.4 is 10.1 Å². The van der Waals surface area contributed by atoms with E-state index in [9.17, 15) is 0 Å². The maximum absolute atomic E-state index is 5.26. The number of rotatable bonds is 3. The van der Waals surface area contributed by atoms with Crippen LogP contribution in [0.1, 0.15) is 29.9 Å². The Morgan fingerprint density at radius 2 is 2.07 bits per heavy atom. The fourth-order valence-corrected chi connectivity index (χ4v) is 2.28. The third kappa shape index (κ3) is 2.00. The van der Waals surface area contributed by atoms with Crippen LogP contribution in [-0.2, 0) is 0 Å². The highest BCUT2D eigenvalue weighted by molar-refractivity contribution is 5.38. The zero-order valence-corrected chi connectivity index (χ0v) is 9.71. The average Bonchev–Trinajstić information content (AvgIpc) is 2.16. The first-order valence-corrected chi connectivity index (χ1v) is 5.56. The van der Waals surface area contributed by atoms with Gasteiger partial charge in [-0.15, -0.1) is 0 Å². The summed E-state index contributed by atoms with van der Waals surface area (Å²) in [6, 6.07) is 7.26. The highest BCUT2D eigenvalue weighted by Crippen LogP contribution is 2.37. The molecule has 0 unspecified atom stereocenters. The first-order chi connectivity index (χ1) is 7.24. The van der Waals surface area contributed by atoms with Crippen LogP contribution >= 0.6 is 0 Å². The van der Waals surface area contributed by atoms with Crippen molar-refractivity contribution in [3.8, 4) is 5.75 Å². The molecule has 0 heterocycles. The van der Waals surface area contributed by atoms with E-state index in [4.69, 9.17) is 4.74 Å². The van der Waals surface area contributed by atoms with Gasteiger partial charge in [0.2, 0.25) is 0 Å². The Labute approximate surface area is 91.6 Å². The molecule has 1 fully saturated rings. The van der Waals surface area contributed by atoms with Crippen molar-refractivity contribution in [1.82, 2.24) is 5.32 Å². The van der Waals surface area contributed by atoms with Gasteiger partial charge in [-0.3, -0.25) is 0 Å². The average molecular weight is 205 g/mol. The van der Waals surface area contributed by atoms with Gasteiger partial charge in [0.25, 0.3) is 0 Å². The molecule has 0 aromatic heterocycles. The van der Waals surface area contributed by atoms with Crippen LogP contribution in [0.3, 0.4) is 0 Å².